The van der Waals surface area contributed by atoms with Gasteiger partial charge >= 0.3 is 0 Å². The highest BCUT2D eigenvalue weighted by atomic mass is 16.3. The summed E-state index contributed by atoms with van der Waals surface area (Å²) in [6, 6.07) is 0. The summed E-state index contributed by atoms with van der Waals surface area (Å²) >= 11 is 0. The highest BCUT2D eigenvalue weighted by Gasteiger charge is 2.01. The number of carbonyl (C=O) groups excluding carboxylic acids is 1. The van der Waals surface area contributed by atoms with Gasteiger partial charge in [0.25, 0.3) is 0 Å². The van der Waals surface area contributed by atoms with Gasteiger partial charge in [0.1, 0.15) is 5.78 Å². The number of hydrogen-bond donors (Lipinski definition) is 1. The van der Waals surface area contributed by atoms with Crippen LogP contribution < -0.4 is 0 Å². The first kappa shape index (κ1) is 9.85. The number of aromatic nitrogens is 3. The molecule has 13 heavy (non-hydrogen) atoms. The predicted octanol–water partition coefficient (Wildman–Crippen LogP) is -0.208. The molecule has 0 saturated carbocycles. The third kappa shape index (κ3) is 3.33. The fourth-order valence-electron chi connectivity index (χ4n) is 0.969. The third-order valence-electron chi connectivity index (χ3n) is 1.65. The first-order valence-electron chi connectivity index (χ1n) is 4.21. The van der Waals surface area contributed by atoms with E-state index in [2.05, 4.69) is 10.3 Å². The second-order valence-corrected chi connectivity index (χ2v) is 2.90. The number of Topliss-reactive ketones (excluding diaryl/α,β-unsaturated/α-hetero) is 1. The average Bonchev–Trinajstić information content (AvgIpc) is 2.50. The maximum Gasteiger partial charge on any atom is 0.130 e. The van der Waals surface area contributed by atoms with E-state index in [1.165, 1.54) is 0 Å². The van der Waals surface area contributed by atoms with Gasteiger partial charge in [-0.25, -0.2) is 4.68 Å². The van der Waals surface area contributed by atoms with Crippen LogP contribution >= 0.6 is 0 Å². The van der Waals surface area contributed by atoms with Crippen LogP contribution in [0.2, 0.25) is 0 Å². The van der Waals surface area contributed by atoms with Crippen molar-refractivity contribution in [3.63, 3.8) is 0 Å². The van der Waals surface area contributed by atoms with Crippen LogP contribution in [0.3, 0.4) is 0 Å². The highest BCUT2D eigenvalue weighted by Crippen LogP contribution is 1.98. The monoisotopic (exact) mass is 183 g/mol. The third-order valence-corrected chi connectivity index (χ3v) is 1.65. The number of carbonyl (C=O) groups is 1. The van der Waals surface area contributed by atoms with Gasteiger partial charge < -0.3 is 9.90 Å². The maximum atomic E-state index is 10.7. The molecular formula is C8H13N3O2. The summed E-state index contributed by atoms with van der Waals surface area (Å²) in [4.78, 5) is 10.7. The first-order chi connectivity index (χ1) is 6.22. The fourth-order valence-corrected chi connectivity index (χ4v) is 0.969. The smallest absolute Gasteiger partial charge is 0.130 e. The Morgan fingerprint density at radius 3 is 3.08 bits per heavy atom. The van der Waals surface area contributed by atoms with Crippen molar-refractivity contribution in [2.45, 2.75) is 26.3 Å². The minimum Gasteiger partial charge on any atom is -0.394 e. The molecule has 0 aliphatic heterocycles. The lowest BCUT2D eigenvalue weighted by atomic mass is 10.2. The molecule has 1 heterocycles. The van der Waals surface area contributed by atoms with Crippen LogP contribution in [0, 0.1) is 0 Å². The standard InChI is InChI=1S/C8H13N3O2/c1-7(13)2-3-8-6-11(4-5-12)10-9-8/h6,12H,2-5H2,1H3. The van der Waals surface area contributed by atoms with Crippen molar-refractivity contribution in [2.24, 2.45) is 0 Å². The van der Waals surface area contributed by atoms with E-state index in [1.54, 1.807) is 17.8 Å². The Hall–Kier alpha value is -1.23. The van der Waals surface area contributed by atoms with Gasteiger partial charge in [-0.1, -0.05) is 5.21 Å². The zero-order valence-electron chi connectivity index (χ0n) is 7.60. The van der Waals surface area contributed by atoms with Crippen LogP contribution in [-0.4, -0.2) is 32.5 Å². The fraction of sp³-hybridized carbons (Fsp3) is 0.625. The molecule has 0 atom stereocenters. The zero-order chi connectivity index (χ0) is 9.68. The zero-order valence-corrected chi connectivity index (χ0v) is 7.60. The van der Waals surface area contributed by atoms with E-state index >= 15 is 0 Å². The van der Waals surface area contributed by atoms with Gasteiger partial charge in [0.05, 0.1) is 18.8 Å². The SMILES string of the molecule is CC(=O)CCc1cn(CCO)nn1. The van der Waals surface area contributed by atoms with Crippen molar-refractivity contribution in [3.05, 3.63) is 11.9 Å². The molecule has 0 unspecified atom stereocenters. The molecule has 0 bridgehead atoms. The van der Waals surface area contributed by atoms with Crippen LogP contribution in [0.5, 0.6) is 0 Å². The Morgan fingerprint density at radius 2 is 2.46 bits per heavy atom. The summed E-state index contributed by atoms with van der Waals surface area (Å²) < 4.78 is 1.56. The van der Waals surface area contributed by atoms with Crippen LogP contribution in [0.15, 0.2) is 6.20 Å². The summed E-state index contributed by atoms with van der Waals surface area (Å²) in [5, 5.41) is 16.2. The van der Waals surface area contributed by atoms with Gasteiger partial charge in [0.2, 0.25) is 0 Å². The van der Waals surface area contributed by atoms with E-state index in [0.29, 0.717) is 19.4 Å². The molecule has 0 saturated heterocycles. The van der Waals surface area contributed by atoms with E-state index in [1.807, 2.05) is 0 Å². The van der Waals surface area contributed by atoms with Crippen LogP contribution in [0.25, 0.3) is 0 Å². The summed E-state index contributed by atoms with van der Waals surface area (Å²) in [6.45, 7) is 2.06. The summed E-state index contributed by atoms with van der Waals surface area (Å²) in [5.41, 5.74) is 0.795. The van der Waals surface area contributed by atoms with Crippen LogP contribution in [0.1, 0.15) is 19.0 Å². The number of aryl methyl sites for hydroxylation is 1. The van der Waals surface area contributed by atoms with Gasteiger partial charge in [-0.15, -0.1) is 5.10 Å². The topological polar surface area (TPSA) is 68.0 Å². The molecular weight excluding hydrogens is 170 g/mol. The van der Waals surface area contributed by atoms with E-state index in [-0.39, 0.29) is 12.4 Å². The van der Waals surface area contributed by atoms with Gasteiger partial charge in [-0.2, -0.15) is 0 Å². The lowest BCUT2D eigenvalue weighted by Crippen LogP contribution is -2.02. The van der Waals surface area contributed by atoms with Gasteiger partial charge in [0, 0.05) is 12.6 Å². The number of ketones is 1. The van der Waals surface area contributed by atoms with Crippen molar-refractivity contribution in [2.75, 3.05) is 6.61 Å². The molecule has 0 aliphatic rings. The number of nitrogens with zero attached hydrogens (tertiary/aromatic N) is 3. The van der Waals surface area contributed by atoms with E-state index in [4.69, 9.17) is 5.11 Å². The highest BCUT2D eigenvalue weighted by molar-refractivity contribution is 5.75. The van der Waals surface area contributed by atoms with E-state index in [0.717, 1.165) is 5.69 Å². The Labute approximate surface area is 76.4 Å². The Kier molecular flexibility index (Phi) is 3.57. The number of hydrogen-bond acceptors (Lipinski definition) is 4. The molecule has 0 aromatic carbocycles. The molecule has 5 heteroatoms. The number of rotatable bonds is 5. The molecule has 1 aromatic heterocycles. The molecule has 0 amide bonds. The molecule has 1 N–H and O–H groups in total. The average molecular weight is 183 g/mol. The van der Waals surface area contributed by atoms with E-state index < -0.39 is 0 Å². The van der Waals surface area contributed by atoms with Crippen LogP contribution in [0.4, 0.5) is 0 Å². The van der Waals surface area contributed by atoms with Gasteiger partial charge in [-0.3, -0.25) is 0 Å². The largest absolute Gasteiger partial charge is 0.394 e. The maximum absolute atomic E-state index is 10.7. The van der Waals surface area contributed by atoms with Crippen molar-refractivity contribution >= 4 is 5.78 Å². The molecule has 1 rings (SSSR count). The Morgan fingerprint density at radius 1 is 1.69 bits per heavy atom. The molecule has 0 aliphatic carbocycles. The molecule has 72 valence electrons. The summed E-state index contributed by atoms with van der Waals surface area (Å²) in [7, 11) is 0. The number of aliphatic hydroxyl groups excluding tert-OH is 1. The van der Waals surface area contributed by atoms with Gasteiger partial charge in [0.15, 0.2) is 0 Å². The van der Waals surface area contributed by atoms with Gasteiger partial charge in [-0.05, 0) is 13.3 Å². The summed E-state index contributed by atoms with van der Waals surface area (Å²) in [5.74, 6) is 0.150. The molecule has 0 radical (unpaired) electrons. The first-order valence-corrected chi connectivity index (χ1v) is 4.21. The second-order valence-electron chi connectivity index (χ2n) is 2.90. The normalized spacial score (nSPS) is 10.3. The molecule has 0 spiro atoms. The second kappa shape index (κ2) is 4.71. The molecule has 5 nitrogen and oxygen atoms in total. The van der Waals surface area contributed by atoms with Crippen LogP contribution in [-0.2, 0) is 17.8 Å². The Bertz CT molecular complexity index is 283. The van der Waals surface area contributed by atoms with Crippen molar-refractivity contribution in [1.82, 2.24) is 15.0 Å². The van der Waals surface area contributed by atoms with Crippen molar-refractivity contribution < 1.29 is 9.90 Å². The Balaban J connectivity index is 2.44. The quantitative estimate of drug-likeness (QED) is 0.686. The lowest BCUT2D eigenvalue weighted by molar-refractivity contribution is -0.116. The lowest BCUT2D eigenvalue weighted by Gasteiger charge is -1.92. The van der Waals surface area contributed by atoms with Crippen molar-refractivity contribution in [1.29, 1.82) is 0 Å². The molecule has 1 aromatic rings. The minimum atomic E-state index is 0.0511. The van der Waals surface area contributed by atoms with E-state index in [9.17, 15) is 4.79 Å². The number of aliphatic hydroxyl groups is 1. The summed E-state index contributed by atoms with van der Waals surface area (Å²) in [6.07, 6.45) is 2.87. The molecule has 0 fully saturated rings. The predicted molar refractivity (Wildman–Crippen MR) is 46.1 cm³/mol. The van der Waals surface area contributed by atoms with Crippen molar-refractivity contribution in [3.8, 4) is 0 Å². The minimum absolute atomic E-state index is 0.0511.